The molecule has 154 valence electrons. The standard InChI is InChI=1S/C18H13ClF3N7O/c1-10-5-14(18(20,21)22)29-15(24-10)7-13(26-29)16(30)25-17-23-9-28(27-17)8-11-3-2-4-12(19)6-11/h2-7,9H,8H2,1H3,(H,25,27,30). The van der Waals surface area contributed by atoms with Gasteiger partial charge in [0.2, 0.25) is 5.95 Å². The van der Waals surface area contributed by atoms with Gasteiger partial charge in [0.05, 0.1) is 6.54 Å². The van der Waals surface area contributed by atoms with Crippen LogP contribution in [0.5, 0.6) is 0 Å². The third-order valence-electron chi connectivity index (χ3n) is 4.07. The molecular formula is C18H13ClF3N7O. The molecule has 12 heteroatoms. The number of nitrogens with one attached hydrogen (secondary N) is 1. The Morgan fingerprint density at radius 1 is 1.20 bits per heavy atom. The summed E-state index contributed by atoms with van der Waals surface area (Å²) >= 11 is 5.95. The number of carbonyl (C=O) groups excluding carboxylic acids is 1. The Bertz CT molecular complexity index is 1250. The van der Waals surface area contributed by atoms with Crippen molar-refractivity contribution in [2.45, 2.75) is 19.6 Å². The van der Waals surface area contributed by atoms with Gasteiger partial charge in [-0.1, -0.05) is 23.7 Å². The van der Waals surface area contributed by atoms with Gasteiger partial charge in [-0.15, -0.1) is 5.10 Å². The van der Waals surface area contributed by atoms with Gasteiger partial charge in [-0.25, -0.2) is 19.2 Å². The summed E-state index contributed by atoms with van der Waals surface area (Å²) in [6.45, 7) is 1.80. The molecule has 0 saturated heterocycles. The lowest BCUT2D eigenvalue weighted by atomic mass is 10.2. The minimum absolute atomic E-state index is 0.0146. The smallest absolute Gasteiger partial charge is 0.288 e. The van der Waals surface area contributed by atoms with Crippen molar-refractivity contribution in [3.8, 4) is 0 Å². The van der Waals surface area contributed by atoms with Crippen LogP contribution in [0, 0.1) is 6.92 Å². The molecule has 0 aliphatic heterocycles. The average Bonchev–Trinajstić information content (AvgIpc) is 3.27. The van der Waals surface area contributed by atoms with Gasteiger partial charge in [0.1, 0.15) is 12.0 Å². The van der Waals surface area contributed by atoms with Crippen molar-refractivity contribution in [1.82, 2.24) is 29.4 Å². The fourth-order valence-corrected chi connectivity index (χ4v) is 3.04. The average molecular weight is 436 g/mol. The molecule has 1 aromatic carbocycles. The molecule has 0 aliphatic rings. The normalized spacial score (nSPS) is 11.8. The van der Waals surface area contributed by atoms with Gasteiger partial charge in [0, 0.05) is 16.8 Å². The van der Waals surface area contributed by atoms with Crippen LogP contribution in [-0.4, -0.2) is 35.3 Å². The van der Waals surface area contributed by atoms with E-state index in [0.29, 0.717) is 16.1 Å². The van der Waals surface area contributed by atoms with Gasteiger partial charge in [0.15, 0.2) is 11.3 Å². The highest BCUT2D eigenvalue weighted by Gasteiger charge is 2.35. The quantitative estimate of drug-likeness (QED) is 0.529. The predicted octanol–water partition coefficient (Wildman–Crippen LogP) is 3.60. The fraction of sp³-hybridized carbons (Fsp3) is 0.167. The van der Waals surface area contributed by atoms with E-state index in [1.165, 1.54) is 24.0 Å². The number of rotatable bonds is 4. The van der Waals surface area contributed by atoms with Crippen LogP contribution >= 0.6 is 11.6 Å². The second-order valence-corrected chi connectivity index (χ2v) is 6.87. The third kappa shape index (κ3) is 4.10. The van der Waals surface area contributed by atoms with E-state index in [2.05, 4.69) is 25.5 Å². The van der Waals surface area contributed by atoms with E-state index >= 15 is 0 Å². The Kier molecular flexibility index (Phi) is 4.90. The second kappa shape index (κ2) is 7.41. The molecule has 0 atom stereocenters. The first kappa shape index (κ1) is 19.8. The predicted molar refractivity (Wildman–Crippen MR) is 101 cm³/mol. The van der Waals surface area contributed by atoms with Crippen molar-refractivity contribution in [3.05, 3.63) is 70.4 Å². The molecule has 0 spiro atoms. The molecule has 3 aromatic heterocycles. The zero-order valence-corrected chi connectivity index (χ0v) is 16.1. The van der Waals surface area contributed by atoms with Gasteiger partial charge >= 0.3 is 6.18 Å². The number of benzene rings is 1. The van der Waals surface area contributed by atoms with Gasteiger partial charge < -0.3 is 0 Å². The lowest BCUT2D eigenvalue weighted by molar-refractivity contribution is -0.142. The molecule has 0 bridgehead atoms. The number of fused-ring (bicyclic) bond motifs is 1. The van der Waals surface area contributed by atoms with Crippen LogP contribution in [0.25, 0.3) is 5.65 Å². The SMILES string of the molecule is Cc1cc(C(F)(F)F)n2nc(C(=O)Nc3ncn(Cc4cccc(Cl)c4)n3)cc2n1. The number of amides is 1. The summed E-state index contributed by atoms with van der Waals surface area (Å²) in [5, 5.41) is 10.9. The summed E-state index contributed by atoms with van der Waals surface area (Å²) < 4.78 is 41.8. The van der Waals surface area contributed by atoms with Crippen molar-refractivity contribution in [2.24, 2.45) is 0 Å². The van der Waals surface area contributed by atoms with Crippen LogP contribution in [0.2, 0.25) is 5.02 Å². The lowest BCUT2D eigenvalue weighted by Gasteiger charge is -2.08. The lowest BCUT2D eigenvalue weighted by Crippen LogP contribution is -2.16. The van der Waals surface area contributed by atoms with Gasteiger partial charge in [-0.3, -0.25) is 10.1 Å². The molecule has 4 aromatic rings. The van der Waals surface area contributed by atoms with Crippen LogP contribution < -0.4 is 5.32 Å². The van der Waals surface area contributed by atoms with E-state index < -0.39 is 17.8 Å². The van der Waals surface area contributed by atoms with Crippen LogP contribution in [0.4, 0.5) is 19.1 Å². The number of halogens is 4. The Morgan fingerprint density at radius 2 is 2.00 bits per heavy atom. The molecule has 4 rings (SSSR count). The van der Waals surface area contributed by atoms with Gasteiger partial charge in [0.25, 0.3) is 5.91 Å². The van der Waals surface area contributed by atoms with Gasteiger partial charge in [-0.05, 0) is 30.7 Å². The van der Waals surface area contributed by atoms with Crippen molar-refractivity contribution in [1.29, 1.82) is 0 Å². The molecular weight excluding hydrogens is 423 g/mol. The number of nitrogens with zero attached hydrogens (tertiary/aromatic N) is 6. The van der Waals surface area contributed by atoms with E-state index in [0.717, 1.165) is 11.6 Å². The first-order valence-electron chi connectivity index (χ1n) is 8.59. The highest BCUT2D eigenvalue weighted by molar-refractivity contribution is 6.30. The first-order valence-corrected chi connectivity index (χ1v) is 8.97. The number of alkyl halides is 3. The number of hydrogen-bond donors (Lipinski definition) is 1. The Balaban J connectivity index is 1.54. The largest absolute Gasteiger partial charge is 0.433 e. The molecule has 0 aliphatic carbocycles. The van der Waals surface area contributed by atoms with E-state index in [1.807, 2.05) is 6.07 Å². The molecule has 8 nitrogen and oxygen atoms in total. The topological polar surface area (TPSA) is 90.0 Å². The van der Waals surface area contributed by atoms with E-state index in [4.69, 9.17) is 11.6 Å². The summed E-state index contributed by atoms with van der Waals surface area (Å²) in [7, 11) is 0. The maximum absolute atomic E-state index is 13.2. The molecule has 0 saturated carbocycles. The van der Waals surface area contributed by atoms with Gasteiger partial charge in [-0.2, -0.15) is 18.3 Å². The zero-order valence-electron chi connectivity index (χ0n) is 15.4. The van der Waals surface area contributed by atoms with Crippen molar-refractivity contribution < 1.29 is 18.0 Å². The number of anilines is 1. The highest BCUT2D eigenvalue weighted by atomic mass is 35.5. The zero-order chi connectivity index (χ0) is 21.5. The van der Waals surface area contributed by atoms with Crippen LogP contribution in [0.1, 0.15) is 27.4 Å². The summed E-state index contributed by atoms with van der Waals surface area (Å²) in [5.41, 5.74) is -0.320. The van der Waals surface area contributed by atoms with Crippen LogP contribution in [0.15, 0.2) is 42.7 Å². The number of hydrogen-bond acceptors (Lipinski definition) is 5. The molecule has 3 heterocycles. The summed E-state index contributed by atoms with van der Waals surface area (Å²) in [6.07, 6.45) is -3.24. The summed E-state index contributed by atoms with van der Waals surface area (Å²) in [4.78, 5) is 20.4. The molecule has 0 radical (unpaired) electrons. The minimum Gasteiger partial charge on any atom is -0.288 e. The van der Waals surface area contributed by atoms with Crippen molar-refractivity contribution >= 4 is 29.1 Å². The molecule has 0 fully saturated rings. The van der Waals surface area contributed by atoms with E-state index in [1.54, 1.807) is 18.2 Å². The summed E-state index contributed by atoms with van der Waals surface area (Å²) in [5.74, 6) is -0.772. The minimum atomic E-state index is -4.65. The van der Waals surface area contributed by atoms with Crippen LogP contribution in [0.3, 0.4) is 0 Å². The highest BCUT2D eigenvalue weighted by Crippen LogP contribution is 2.29. The maximum atomic E-state index is 13.2. The molecule has 0 unspecified atom stereocenters. The Morgan fingerprint density at radius 3 is 2.73 bits per heavy atom. The van der Waals surface area contributed by atoms with Crippen molar-refractivity contribution in [3.63, 3.8) is 0 Å². The van der Waals surface area contributed by atoms with E-state index in [-0.39, 0.29) is 23.0 Å². The van der Waals surface area contributed by atoms with Crippen molar-refractivity contribution in [2.75, 3.05) is 5.32 Å². The Hall–Kier alpha value is -3.47. The maximum Gasteiger partial charge on any atom is 0.433 e. The molecule has 1 N–H and O–H groups in total. The van der Waals surface area contributed by atoms with Crippen LogP contribution in [-0.2, 0) is 12.7 Å². The second-order valence-electron chi connectivity index (χ2n) is 6.43. The number of carbonyl (C=O) groups is 1. The first-order chi connectivity index (χ1) is 14.2. The monoisotopic (exact) mass is 435 g/mol. The van der Waals surface area contributed by atoms with E-state index in [9.17, 15) is 18.0 Å². The Labute approximate surface area is 172 Å². The summed E-state index contributed by atoms with van der Waals surface area (Å²) in [6, 6.07) is 9.20. The molecule has 1 amide bonds. The number of aromatic nitrogens is 6. The number of aryl methyl sites for hydroxylation is 1. The third-order valence-corrected chi connectivity index (χ3v) is 4.31. The molecule has 30 heavy (non-hydrogen) atoms. The fourth-order valence-electron chi connectivity index (χ4n) is 2.83.